The number of fused-ring (bicyclic) bond motifs is 1. The van der Waals surface area contributed by atoms with E-state index in [1.807, 2.05) is 12.1 Å². The van der Waals surface area contributed by atoms with Crippen LogP contribution in [0.25, 0.3) is 0 Å². The topological polar surface area (TPSA) is 66.7 Å². The van der Waals surface area contributed by atoms with Crippen molar-refractivity contribution in [2.24, 2.45) is 4.99 Å². The number of nitrogens with one attached hydrogen (secondary N) is 1. The summed E-state index contributed by atoms with van der Waals surface area (Å²) in [6, 6.07) is 4.02. The quantitative estimate of drug-likeness (QED) is 0.854. The van der Waals surface area contributed by atoms with Crippen LogP contribution in [0.4, 0.5) is 0 Å². The summed E-state index contributed by atoms with van der Waals surface area (Å²) in [5.74, 6) is 0. The normalized spacial score (nSPS) is 33.8. The van der Waals surface area contributed by atoms with Crippen LogP contribution in [0.1, 0.15) is 24.5 Å². The molecular formula is C13H17N3O2S. The molecule has 3 heterocycles. The fourth-order valence-corrected chi connectivity index (χ4v) is 3.59. The molecule has 0 aliphatic carbocycles. The molecule has 6 heteroatoms. The summed E-state index contributed by atoms with van der Waals surface area (Å²) in [5, 5.41) is 14.6. The van der Waals surface area contributed by atoms with Crippen molar-refractivity contribution in [2.75, 3.05) is 7.05 Å². The van der Waals surface area contributed by atoms with E-state index in [1.54, 1.807) is 31.2 Å². The lowest BCUT2D eigenvalue weighted by molar-refractivity contribution is -0.0832. The molecule has 1 unspecified atom stereocenters. The Balaban J connectivity index is 1.68. The first kappa shape index (κ1) is 12.9. The number of pyridine rings is 1. The molecule has 0 spiro atoms. The van der Waals surface area contributed by atoms with Gasteiger partial charge in [0.05, 0.1) is 12.1 Å². The summed E-state index contributed by atoms with van der Waals surface area (Å²) in [5.41, 5.74) is 0.857. The van der Waals surface area contributed by atoms with Gasteiger partial charge in [-0.15, -0.1) is 0 Å². The van der Waals surface area contributed by atoms with Crippen LogP contribution in [-0.2, 0) is 4.74 Å². The number of aliphatic imine (C=N–C) groups is 1. The van der Waals surface area contributed by atoms with Gasteiger partial charge in [-0.1, -0.05) is 17.8 Å². The molecule has 1 aromatic rings. The van der Waals surface area contributed by atoms with Gasteiger partial charge in [0.15, 0.2) is 5.17 Å². The first-order valence-electron chi connectivity index (χ1n) is 6.41. The van der Waals surface area contributed by atoms with Crippen molar-refractivity contribution in [1.29, 1.82) is 0 Å². The minimum absolute atomic E-state index is 0.0452. The highest BCUT2D eigenvalue weighted by Crippen LogP contribution is 2.36. The van der Waals surface area contributed by atoms with Gasteiger partial charge in [0.2, 0.25) is 0 Å². The van der Waals surface area contributed by atoms with Gasteiger partial charge in [0, 0.05) is 25.0 Å². The molecule has 0 radical (unpaired) electrons. The molecule has 3 rings (SSSR count). The second kappa shape index (κ2) is 5.48. The van der Waals surface area contributed by atoms with Crippen molar-refractivity contribution in [2.45, 2.75) is 36.5 Å². The number of hydrogen-bond donors (Lipinski definition) is 2. The Morgan fingerprint density at radius 3 is 3.21 bits per heavy atom. The van der Waals surface area contributed by atoms with Gasteiger partial charge in [-0.3, -0.25) is 9.98 Å². The van der Waals surface area contributed by atoms with E-state index in [4.69, 9.17) is 4.74 Å². The highest BCUT2D eigenvalue weighted by molar-refractivity contribution is 8.14. The maximum absolute atomic E-state index is 10.4. The number of rotatable bonds is 2. The number of aliphatic hydroxyl groups is 1. The van der Waals surface area contributed by atoms with Crippen LogP contribution in [-0.4, -0.2) is 39.9 Å². The molecule has 1 aromatic heterocycles. The molecule has 5 nitrogen and oxygen atoms in total. The Kier molecular flexibility index (Phi) is 3.72. The zero-order valence-electron chi connectivity index (χ0n) is 10.7. The monoisotopic (exact) mass is 279 g/mol. The molecule has 0 bridgehead atoms. The zero-order valence-corrected chi connectivity index (χ0v) is 11.5. The first-order valence-corrected chi connectivity index (χ1v) is 7.29. The van der Waals surface area contributed by atoms with Gasteiger partial charge < -0.3 is 15.2 Å². The van der Waals surface area contributed by atoms with Crippen molar-refractivity contribution in [3.63, 3.8) is 0 Å². The SMILES string of the molecule is CN=C1N[C@@H]2CC[C@H](C(O)c3cccnc3)O[C@@H]2S1. The minimum Gasteiger partial charge on any atom is -0.386 e. The van der Waals surface area contributed by atoms with Crippen molar-refractivity contribution in [1.82, 2.24) is 10.3 Å². The maximum Gasteiger partial charge on any atom is 0.159 e. The second-order valence-electron chi connectivity index (χ2n) is 4.75. The molecule has 2 aliphatic rings. The van der Waals surface area contributed by atoms with Gasteiger partial charge in [0.1, 0.15) is 11.5 Å². The number of hydrogen-bond acceptors (Lipinski definition) is 5. The Bertz CT molecular complexity index is 468. The van der Waals surface area contributed by atoms with Crippen LogP contribution in [0, 0.1) is 0 Å². The van der Waals surface area contributed by atoms with Crippen LogP contribution in [0.3, 0.4) is 0 Å². The average Bonchev–Trinajstić information content (AvgIpc) is 2.89. The summed E-state index contributed by atoms with van der Waals surface area (Å²) < 4.78 is 6.00. The number of aliphatic hydroxyl groups excluding tert-OH is 1. The van der Waals surface area contributed by atoms with E-state index in [2.05, 4.69) is 15.3 Å². The van der Waals surface area contributed by atoms with E-state index >= 15 is 0 Å². The lowest BCUT2D eigenvalue weighted by atomic mass is 9.97. The Morgan fingerprint density at radius 1 is 1.58 bits per heavy atom. The number of thioether (sulfide) groups is 1. The van der Waals surface area contributed by atoms with Gasteiger partial charge in [-0.25, -0.2) is 0 Å². The summed E-state index contributed by atoms with van der Waals surface area (Å²) >= 11 is 1.60. The maximum atomic E-state index is 10.4. The largest absolute Gasteiger partial charge is 0.386 e. The molecule has 102 valence electrons. The summed E-state index contributed by atoms with van der Waals surface area (Å²) in [4.78, 5) is 8.20. The summed E-state index contributed by atoms with van der Waals surface area (Å²) in [7, 11) is 1.77. The predicted molar refractivity (Wildman–Crippen MR) is 75.0 cm³/mol. The van der Waals surface area contributed by atoms with Crippen molar-refractivity contribution < 1.29 is 9.84 Å². The minimum atomic E-state index is -0.613. The molecule has 19 heavy (non-hydrogen) atoms. The number of ether oxygens (including phenoxy) is 1. The highest BCUT2D eigenvalue weighted by Gasteiger charge is 2.40. The van der Waals surface area contributed by atoms with Crippen LogP contribution in [0.15, 0.2) is 29.5 Å². The summed E-state index contributed by atoms with van der Waals surface area (Å²) in [6.45, 7) is 0. The lowest BCUT2D eigenvalue weighted by Gasteiger charge is -2.33. The Labute approximate surface area is 116 Å². The molecular weight excluding hydrogens is 262 g/mol. The van der Waals surface area contributed by atoms with Crippen LogP contribution in [0.2, 0.25) is 0 Å². The van der Waals surface area contributed by atoms with Crippen LogP contribution >= 0.6 is 11.8 Å². The summed E-state index contributed by atoms with van der Waals surface area (Å²) in [6.07, 6.45) is 4.43. The van der Waals surface area contributed by atoms with Gasteiger partial charge in [-0.2, -0.15) is 0 Å². The molecule has 0 saturated carbocycles. The molecule has 2 saturated heterocycles. The fourth-order valence-electron chi connectivity index (χ4n) is 2.48. The molecule has 2 fully saturated rings. The highest BCUT2D eigenvalue weighted by atomic mass is 32.2. The molecule has 0 aromatic carbocycles. The number of amidine groups is 1. The lowest BCUT2D eigenvalue weighted by Crippen LogP contribution is -2.42. The number of nitrogens with zero attached hydrogens (tertiary/aromatic N) is 2. The van der Waals surface area contributed by atoms with Crippen LogP contribution < -0.4 is 5.32 Å². The van der Waals surface area contributed by atoms with Gasteiger partial charge >= 0.3 is 0 Å². The first-order chi connectivity index (χ1) is 9.28. The van der Waals surface area contributed by atoms with Gasteiger partial charge in [-0.05, 0) is 18.9 Å². The van der Waals surface area contributed by atoms with Crippen molar-refractivity contribution in [3.05, 3.63) is 30.1 Å². The van der Waals surface area contributed by atoms with Crippen molar-refractivity contribution in [3.8, 4) is 0 Å². The Morgan fingerprint density at radius 2 is 2.47 bits per heavy atom. The molecule has 2 N–H and O–H groups in total. The third kappa shape index (κ3) is 2.61. The fraction of sp³-hybridized carbons (Fsp3) is 0.538. The van der Waals surface area contributed by atoms with E-state index in [0.29, 0.717) is 6.04 Å². The zero-order chi connectivity index (χ0) is 13.2. The molecule has 4 atom stereocenters. The number of aromatic nitrogens is 1. The molecule has 0 amide bonds. The predicted octanol–water partition coefficient (Wildman–Crippen LogP) is 1.31. The van der Waals surface area contributed by atoms with Gasteiger partial charge in [0.25, 0.3) is 0 Å². The smallest absolute Gasteiger partial charge is 0.159 e. The van der Waals surface area contributed by atoms with E-state index < -0.39 is 6.10 Å². The molecule has 2 aliphatic heterocycles. The Hall–Kier alpha value is -1.11. The third-order valence-electron chi connectivity index (χ3n) is 3.52. The standard InChI is InChI=1S/C13H17N3O2S/c1-14-13-16-9-4-5-10(18-12(9)19-13)11(17)8-3-2-6-15-7-8/h2-3,6-7,9-12,17H,4-5H2,1H3,(H,14,16)/t9-,10-,11?,12-/m1/s1. The average molecular weight is 279 g/mol. The second-order valence-corrected chi connectivity index (χ2v) is 5.84. The van der Waals surface area contributed by atoms with E-state index in [9.17, 15) is 5.11 Å². The van der Waals surface area contributed by atoms with Crippen LogP contribution in [0.5, 0.6) is 0 Å². The van der Waals surface area contributed by atoms with E-state index in [0.717, 1.165) is 23.6 Å². The van der Waals surface area contributed by atoms with Crippen molar-refractivity contribution >= 4 is 16.9 Å². The van der Waals surface area contributed by atoms with E-state index in [-0.39, 0.29) is 11.5 Å². The van der Waals surface area contributed by atoms with E-state index in [1.165, 1.54) is 0 Å². The third-order valence-corrected chi connectivity index (χ3v) is 4.71.